The van der Waals surface area contributed by atoms with Gasteiger partial charge in [-0.1, -0.05) is 38.0 Å². The van der Waals surface area contributed by atoms with E-state index in [4.69, 9.17) is 0 Å². The second-order valence-corrected chi connectivity index (χ2v) is 6.31. The number of amides is 1. The number of carbonyl (C=O) groups is 2. The lowest BCUT2D eigenvalue weighted by atomic mass is 9.76. The van der Waals surface area contributed by atoms with Gasteiger partial charge in [0, 0.05) is 5.56 Å². The molecule has 2 atom stereocenters. The summed E-state index contributed by atoms with van der Waals surface area (Å²) in [7, 11) is 0. The molecule has 1 aliphatic carbocycles. The highest BCUT2D eigenvalue weighted by atomic mass is 16.4. The summed E-state index contributed by atoms with van der Waals surface area (Å²) >= 11 is 0. The van der Waals surface area contributed by atoms with Crippen molar-refractivity contribution in [3.63, 3.8) is 0 Å². The summed E-state index contributed by atoms with van der Waals surface area (Å²) in [4.78, 5) is 24.3. The molecular formula is C17H23NO3. The van der Waals surface area contributed by atoms with Crippen molar-refractivity contribution >= 4 is 11.9 Å². The molecule has 2 unspecified atom stereocenters. The van der Waals surface area contributed by atoms with Gasteiger partial charge < -0.3 is 10.4 Å². The molecule has 0 bridgehead atoms. The largest absolute Gasteiger partial charge is 0.480 e. The van der Waals surface area contributed by atoms with Crippen molar-refractivity contribution in [1.29, 1.82) is 0 Å². The molecule has 1 amide bonds. The molecule has 0 saturated heterocycles. The lowest BCUT2D eigenvalue weighted by Gasteiger charge is -2.37. The second-order valence-electron chi connectivity index (χ2n) is 6.31. The van der Waals surface area contributed by atoms with Crippen LogP contribution >= 0.6 is 0 Å². The van der Waals surface area contributed by atoms with Gasteiger partial charge in [0.25, 0.3) is 5.91 Å². The Morgan fingerprint density at radius 2 is 1.90 bits per heavy atom. The lowest BCUT2D eigenvalue weighted by molar-refractivity contribution is -0.146. The molecule has 0 spiro atoms. The lowest BCUT2D eigenvalue weighted by Crippen LogP contribution is -2.57. The van der Waals surface area contributed by atoms with E-state index < -0.39 is 11.5 Å². The van der Waals surface area contributed by atoms with Gasteiger partial charge >= 0.3 is 5.97 Å². The Labute approximate surface area is 125 Å². The standard InChI is InChI=1S/C17H23NO3/c1-11-6-5-9-17(10-11,16(20)21)18-15(19)14-12(2)7-4-8-13(14)3/h4,7-8,11H,5-6,9-10H2,1-3H3,(H,18,19)(H,20,21). The predicted octanol–water partition coefficient (Wildman–Crippen LogP) is 3.07. The van der Waals surface area contributed by atoms with Crippen molar-refractivity contribution < 1.29 is 14.7 Å². The smallest absolute Gasteiger partial charge is 0.329 e. The summed E-state index contributed by atoms with van der Waals surface area (Å²) in [5.74, 6) is -0.885. The molecule has 2 rings (SSSR count). The number of aryl methyl sites for hydroxylation is 2. The number of benzene rings is 1. The zero-order valence-electron chi connectivity index (χ0n) is 12.9. The van der Waals surface area contributed by atoms with Crippen molar-refractivity contribution in [1.82, 2.24) is 5.32 Å². The third-order valence-corrected chi connectivity index (χ3v) is 4.47. The first-order chi connectivity index (χ1) is 9.85. The summed E-state index contributed by atoms with van der Waals surface area (Å²) in [5.41, 5.74) is 1.22. The van der Waals surface area contributed by atoms with Crippen molar-refractivity contribution in [2.75, 3.05) is 0 Å². The zero-order valence-corrected chi connectivity index (χ0v) is 12.9. The van der Waals surface area contributed by atoms with Crippen LogP contribution in [0.15, 0.2) is 18.2 Å². The number of carboxylic acids is 1. The van der Waals surface area contributed by atoms with Gasteiger partial charge in [-0.2, -0.15) is 0 Å². The van der Waals surface area contributed by atoms with Crippen molar-refractivity contribution in [3.05, 3.63) is 34.9 Å². The van der Waals surface area contributed by atoms with Crippen LogP contribution in [0.5, 0.6) is 0 Å². The predicted molar refractivity (Wildman–Crippen MR) is 81.4 cm³/mol. The van der Waals surface area contributed by atoms with E-state index >= 15 is 0 Å². The monoisotopic (exact) mass is 289 g/mol. The highest BCUT2D eigenvalue weighted by Gasteiger charge is 2.43. The number of aliphatic carboxylic acids is 1. The molecule has 0 heterocycles. The highest BCUT2D eigenvalue weighted by molar-refractivity contribution is 6.00. The highest BCUT2D eigenvalue weighted by Crippen LogP contribution is 2.33. The van der Waals surface area contributed by atoms with Gasteiger partial charge in [0.2, 0.25) is 0 Å². The van der Waals surface area contributed by atoms with E-state index in [-0.39, 0.29) is 5.91 Å². The third-order valence-electron chi connectivity index (χ3n) is 4.47. The van der Waals surface area contributed by atoms with Crippen LogP contribution in [0.2, 0.25) is 0 Å². The maximum absolute atomic E-state index is 12.6. The van der Waals surface area contributed by atoms with Crippen LogP contribution in [0.1, 0.15) is 54.1 Å². The van der Waals surface area contributed by atoms with E-state index in [9.17, 15) is 14.7 Å². The van der Waals surface area contributed by atoms with E-state index in [1.165, 1.54) is 0 Å². The maximum atomic E-state index is 12.6. The SMILES string of the molecule is Cc1cccc(C)c1C(=O)NC1(C(=O)O)CCCC(C)C1. The summed E-state index contributed by atoms with van der Waals surface area (Å²) in [6.45, 7) is 5.79. The van der Waals surface area contributed by atoms with Gasteiger partial charge in [-0.05, 0) is 43.7 Å². The number of nitrogens with one attached hydrogen (secondary N) is 1. The molecule has 2 N–H and O–H groups in total. The number of carbonyl (C=O) groups excluding carboxylic acids is 1. The fourth-order valence-electron chi connectivity index (χ4n) is 3.36. The molecule has 21 heavy (non-hydrogen) atoms. The number of hydrogen-bond acceptors (Lipinski definition) is 2. The molecule has 4 nitrogen and oxygen atoms in total. The Hall–Kier alpha value is -1.84. The van der Waals surface area contributed by atoms with Crippen molar-refractivity contribution in [2.45, 2.75) is 52.0 Å². The molecule has 114 valence electrons. The van der Waals surface area contributed by atoms with Gasteiger partial charge in [-0.25, -0.2) is 4.79 Å². The number of carboxylic acid groups (broad SMARTS) is 1. The summed E-state index contributed by atoms with van der Waals surface area (Å²) in [6.07, 6.45) is 2.86. The average molecular weight is 289 g/mol. The number of hydrogen-bond donors (Lipinski definition) is 2. The van der Waals surface area contributed by atoms with E-state index in [1.807, 2.05) is 39.0 Å². The minimum Gasteiger partial charge on any atom is -0.480 e. The average Bonchev–Trinajstić information content (AvgIpc) is 2.38. The van der Waals surface area contributed by atoms with Crippen LogP contribution in [-0.2, 0) is 4.79 Å². The van der Waals surface area contributed by atoms with Gasteiger partial charge in [0.1, 0.15) is 5.54 Å². The maximum Gasteiger partial charge on any atom is 0.329 e. The fourth-order valence-corrected chi connectivity index (χ4v) is 3.36. The summed E-state index contributed by atoms with van der Waals surface area (Å²) in [5, 5.41) is 12.4. The van der Waals surface area contributed by atoms with Crippen LogP contribution in [-0.4, -0.2) is 22.5 Å². The minimum absolute atomic E-state index is 0.276. The Bertz CT molecular complexity index is 547. The van der Waals surface area contributed by atoms with Crippen LogP contribution < -0.4 is 5.32 Å². The summed E-state index contributed by atoms with van der Waals surface area (Å²) in [6, 6.07) is 5.65. The van der Waals surface area contributed by atoms with E-state index in [2.05, 4.69) is 5.32 Å². The van der Waals surface area contributed by atoms with Crippen LogP contribution in [0.25, 0.3) is 0 Å². The molecule has 1 fully saturated rings. The third kappa shape index (κ3) is 3.09. The van der Waals surface area contributed by atoms with Gasteiger partial charge in [0.15, 0.2) is 0 Å². The van der Waals surface area contributed by atoms with E-state index in [0.29, 0.717) is 24.3 Å². The Morgan fingerprint density at radius 1 is 1.29 bits per heavy atom. The van der Waals surface area contributed by atoms with Crippen LogP contribution in [0.4, 0.5) is 0 Å². The Kier molecular flexibility index (Phi) is 4.35. The van der Waals surface area contributed by atoms with Crippen molar-refractivity contribution in [3.8, 4) is 0 Å². The molecule has 4 heteroatoms. The number of rotatable bonds is 3. The van der Waals surface area contributed by atoms with Crippen molar-refractivity contribution in [2.24, 2.45) is 5.92 Å². The van der Waals surface area contributed by atoms with E-state index in [1.54, 1.807) is 0 Å². The van der Waals surface area contributed by atoms with Gasteiger partial charge in [0.05, 0.1) is 0 Å². The molecule has 1 aromatic rings. The quantitative estimate of drug-likeness (QED) is 0.898. The molecule has 1 aliphatic rings. The molecule has 0 aromatic heterocycles. The second kappa shape index (κ2) is 5.88. The first-order valence-electron chi connectivity index (χ1n) is 7.48. The Morgan fingerprint density at radius 3 is 2.43 bits per heavy atom. The normalized spacial score (nSPS) is 25.4. The first-order valence-corrected chi connectivity index (χ1v) is 7.48. The summed E-state index contributed by atoms with van der Waals surface area (Å²) < 4.78 is 0. The fraction of sp³-hybridized carbons (Fsp3) is 0.529. The molecule has 1 aromatic carbocycles. The van der Waals surface area contributed by atoms with Gasteiger partial charge in [-0.3, -0.25) is 4.79 Å². The minimum atomic E-state index is -1.12. The van der Waals surface area contributed by atoms with Gasteiger partial charge in [-0.15, -0.1) is 0 Å². The molecule has 1 saturated carbocycles. The van der Waals surface area contributed by atoms with E-state index in [0.717, 1.165) is 24.0 Å². The topological polar surface area (TPSA) is 66.4 Å². The Balaban J connectivity index is 2.29. The molecular weight excluding hydrogens is 266 g/mol. The molecule has 0 radical (unpaired) electrons. The zero-order chi connectivity index (χ0) is 15.6. The van der Waals surface area contributed by atoms with Crippen LogP contribution in [0.3, 0.4) is 0 Å². The first kappa shape index (κ1) is 15.5. The van der Waals surface area contributed by atoms with Crippen LogP contribution in [0, 0.1) is 19.8 Å². The molecule has 0 aliphatic heterocycles.